The van der Waals surface area contributed by atoms with Gasteiger partial charge in [-0.3, -0.25) is 9.69 Å². The lowest BCUT2D eigenvalue weighted by Gasteiger charge is -2.36. The number of thiocarbonyl (C=S) groups is 1. The Morgan fingerprint density at radius 2 is 1.84 bits per heavy atom. The van der Waals surface area contributed by atoms with E-state index < -0.39 is 5.97 Å². The molecule has 0 spiro atoms. The van der Waals surface area contributed by atoms with E-state index in [1.54, 1.807) is 37.2 Å². The molecule has 0 aromatic heterocycles. The van der Waals surface area contributed by atoms with Crippen molar-refractivity contribution in [3.05, 3.63) is 29.8 Å². The number of carbonyl (C=O) groups is 2. The van der Waals surface area contributed by atoms with Crippen LogP contribution in [0.5, 0.6) is 0 Å². The Hall–Kier alpha value is -2.19. The van der Waals surface area contributed by atoms with Crippen molar-refractivity contribution in [2.75, 3.05) is 59.2 Å². The molecule has 1 aromatic carbocycles. The maximum absolute atomic E-state index is 11.8. The van der Waals surface area contributed by atoms with Crippen LogP contribution >= 0.6 is 12.2 Å². The average molecular weight is 364 g/mol. The highest BCUT2D eigenvalue weighted by Crippen LogP contribution is 2.17. The summed E-state index contributed by atoms with van der Waals surface area (Å²) >= 11 is 5.48. The summed E-state index contributed by atoms with van der Waals surface area (Å²) in [6, 6.07) is 7.11. The van der Waals surface area contributed by atoms with Crippen LogP contribution in [0.3, 0.4) is 0 Å². The molecule has 7 nitrogen and oxygen atoms in total. The first kappa shape index (κ1) is 19.1. The largest absolute Gasteiger partial charge is 0.465 e. The molecule has 0 unspecified atom stereocenters. The van der Waals surface area contributed by atoms with Gasteiger partial charge in [0.25, 0.3) is 0 Å². The first-order chi connectivity index (χ1) is 11.9. The van der Waals surface area contributed by atoms with E-state index in [1.165, 1.54) is 7.11 Å². The van der Waals surface area contributed by atoms with Crippen molar-refractivity contribution in [3.63, 3.8) is 0 Å². The summed E-state index contributed by atoms with van der Waals surface area (Å²) in [6.07, 6.45) is 0. The summed E-state index contributed by atoms with van der Waals surface area (Å²) in [5.41, 5.74) is 1.08. The third kappa shape index (κ3) is 5.14. The minimum absolute atomic E-state index is 0.0983. The number of benzene rings is 1. The fourth-order valence-electron chi connectivity index (χ4n) is 2.52. The number of nitrogens with one attached hydrogen (secondary N) is 1. The molecule has 136 valence electrons. The summed E-state index contributed by atoms with van der Waals surface area (Å²) in [5.74, 6) is -0.306. The number of methoxy groups -OCH3 is 1. The van der Waals surface area contributed by atoms with Crippen molar-refractivity contribution in [1.82, 2.24) is 14.7 Å². The Kier molecular flexibility index (Phi) is 6.72. The zero-order chi connectivity index (χ0) is 18.4. The van der Waals surface area contributed by atoms with Crippen LogP contribution in [-0.2, 0) is 9.53 Å². The molecule has 1 heterocycles. The molecule has 0 atom stereocenters. The topological polar surface area (TPSA) is 65.1 Å². The van der Waals surface area contributed by atoms with Gasteiger partial charge in [-0.2, -0.15) is 0 Å². The van der Waals surface area contributed by atoms with Crippen LogP contribution in [0, 0.1) is 0 Å². The number of rotatable bonds is 4. The lowest BCUT2D eigenvalue weighted by atomic mass is 10.2. The van der Waals surface area contributed by atoms with Gasteiger partial charge in [-0.05, 0) is 24.4 Å². The van der Waals surface area contributed by atoms with Crippen molar-refractivity contribution in [2.24, 2.45) is 0 Å². The highest BCUT2D eigenvalue weighted by molar-refractivity contribution is 7.80. The second kappa shape index (κ2) is 8.77. The Bertz CT molecular complexity index is 643. The minimum Gasteiger partial charge on any atom is -0.465 e. The number of hydrogen-bond acceptors (Lipinski definition) is 5. The number of anilines is 1. The molecule has 25 heavy (non-hydrogen) atoms. The molecule has 0 aliphatic carbocycles. The smallest absolute Gasteiger partial charge is 0.339 e. The molecule has 1 saturated heterocycles. The molecule has 1 aliphatic rings. The predicted octanol–water partition coefficient (Wildman–Crippen LogP) is 0.876. The normalized spacial score (nSPS) is 14.8. The fourth-order valence-corrected chi connectivity index (χ4v) is 2.81. The van der Waals surface area contributed by atoms with Crippen molar-refractivity contribution in [2.45, 2.75) is 0 Å². The predicted molar refractivity (Wildman–Crippen MR) is 101 cm³/mol. The number of amides is 1. The number of ether oxygens (including phenoxy) is 1. The molecular formula is C17H24N4O3S. The molecule has 1 N–H and O–H groups in total. The molecule has 0 bridgehead atoms. The van der Waals surface area contributed by atoms with Crippen molar-refractivity contribution in [1.29, 1.82) is 0 Å². The van der Waals surface area contributed by atoms with Gasteiger partial charge >= 0.3 is 5.97 Å². The maximum atomic E-state index is 11.8. The SMILES string of the molecule is COC(=O)c1ccccc1NC(=S)N1CCN(CC(=O)N(C)C)CC1. The third-order valence-corrected chi connectivity index (χ3v) is 4.45. The number of esters is 1. The van der Waals surface area contributed by atoms with E-state index in [0.29, 0.717) is 22.9 Å². The van der Waals surface area contributed by atoms with Crippen molar-refractivity contribution in [3.8, 4) is 0 Å². The molecule has 1 fully saturated rings. The fraction of sp³-hybridized carbons (Fsp3) is 0.471. The zero-order valence-corrected chi connectivity index (χ0v) is 15.6. The van der Waals surface area contributed by atoms with Gasteiger partial charge in [0.15, 0.2) is 5.11 Å². The van der Waals surface area contributed by atoms with Crippen LogP contribution in [0.25, 0.3) is 0 Å². The Morgan fingerprint density at radius 3 is 2.44 bits per heavy atom. The number of likely N-dealkylation sites (N-methyl/N-ethyl adjacent to an activating group) is 1. The zero-order valence-electron chi connectivity index (χ0n) is 14.8. The van der Waals surface area contributed by atoms with Gasteiger partial charge in [0.1, 0.15) is 0 Å². The highest BCUT2D eigenvalue weighted by Gasteiger charge is 2.22. The van der Waals surface area contributed by atoms with Gasteiger partial charge < -0.3 is 19.9 Å². The Balaban J connectivity index is 1.91. The monoisotopic (exact) mass is 364 g/mol. The van der Waals surface area contributed by atoms with Crippen LogP contribution < -0.4 is 5.32 Å². The second-order valence-electron chi connectivity index (χ2n) is 6.02. The number of piperazine rings is 1. The number of nitrogens with zero attached hydrogens (tertiary/aromatic N) is 3. The van der Waals surface area contributed by atoms with Crippen LogP contribution in [0.2, 0.25) is 0 Å². The number of carbonyl (C=O) groups excluding carboxylic acids is 2. The summed E-state index contributed by atoms with van der Waals surface area (Å²) in [6.45, 7) is 3.41. The van der Waals surface area contributed by atoms with Crippen LogP contribution in [0.4, 0.5) is 5.69 Å². The van der Waals surface area contributed by atoms with E-state index >= 15 is 0 Å². The first-order valence-electron chi connectivity index (χ1n) is 8.08. The van der Waals surface area contributed by atoms with E-state index in [0.717, 1.165) is 26.2 Å². The van der Waals surface area contributed by atoms with Crippen molar-refractivity contribution >= 4 is 34.9 Å². The first-order valence-corrected chi connectivity index (χ1v) is 8.49. The molecule has 8 heteroatoms. The minimum atomic E-state index is -0.405. The average Bonchev–Trinajstić information content (AvgIpc) is 2.62. The molecule has 2 rings (SSSR count). The van der Waals surface area contributed by atoms with E-state index in [-0.39, 0.29) is 5.91 Å². The molecule has 0 saturated carbocycles. The van der Waals surface area contributed by atoms with Crippen LogP contribution in [0.1, 0.15) is 10.4 Å². The van der Waals surface area contributed by atoms with Gasteiger partial charge in [0.05, 0.1) is 24.9 Å². The maximum Gasteiger partial charge on any atom is 0.339 e. The van der Waals surface area contributed by atoms with E-state index in [9.17, 15) is 9.59 Å². The van der Waals surface area contributed by atoms with Gasteiger partial charge in [0.2, 0.25) is 5.91 Å². The van der Waals surface area contributed by atoms with Crippen LogP contribution in [-0.4, -0.2) is 85.6 Å². The molecule has 1 amide bonds. The lowest BCUT2D eigenvalue weighted by molar-refractivity contribution is -0.130. The van der Waals surface area contributed by atoms with E-state index in [1.807, 2.05) is 11.0 Å². The number of para-hydroxylation sites is 1. The van der Waals surface area contributed by atoms with Gasteiger partial charge in [0, 0.05) is 40.3 Å². The summed E-state index contributed by atoms with van der Waals surface area (Å²) in [7, 11) is 4.87. The molecule has 1 aromatic rings. The van der Waals surface area contributed by atoms with Crippen LogP contribution in [0.15, 0.2) is 24.3 Å². The highest BCUT2D eigenvalue weighted by atomic mass is 32.1. The number of hydrogen-bond donors (Lipinski definition) is 1. The molecule has 1 aliphatic heterocycles. The van der Waals surface area contributed by atoms with Crippen molar-refractivity contribution < 1.29 is 14.3 Å². The third-order valence-electron chi connectivity index (χ3n) is 4.09. The summed E-state index contributed by atoms with van der Waals surface area (Å²) in [5, 5.41) is 3.70. The van der Waals surface area contributed by atoms with E-state index in [2.05, 4.69) is 10.2 Å². The second-order valence-corrected chi connectivity index (χ2v) is 6.41. The quantitative estimate of drug-likeness (QED) is 0.628. The molecular weight excluding hydrogens is 340 g/mol. The van der Waals surface area contributed by atoms with E-state index in [4.69, 9.17) is 17.0 Å². The van der Waals surface area contributed by atoms with Gasteiger partial charge in [-0.1, -0.05) is 12.1 Å². The summed E-state index contributed by atoms with van der Waals surface area (Å²) < 4.78 is 4.80. The Labute approximate surface area is 153 Å². The standard InChI is InChI=1S/C17H24N4O3S/c1-19(2)15(22)12-20-8-10-21(11-9-20)17(25)18-14-7-5-4-6-13(14)16(23)24-3/h4-7H,8-12H2,1-3H3,(H,18,25). The summed E-state index contributed by atoms with van der Waals surface area (Å²) in [4.78, 5) is 29.4. The molecule has 0 radical (unpaired) electrons. The van der Waals surface area contributed by atoms with Gasteiger partial charge in [-0.25, -0.2) is 4.79 Å². The Morgan fingerprint density at radius 1 is 1.20 bits per heavy atom. The van der Waals surface area contributed by atoms with Gasteiger partial charge in [-0.15, -0.1) is 0 Å². The lowest BCUT2D eigenvalue weighted by Crippen LogP contribution is -2.52.